The summed E-state index contributed by atoms with van der Waals surface area (Å²) in [6, 6.07) is 7.88. The second-order valence-corrected chi connectivity index (χ2v) is 5.95. The van der Waals surface area contributed by atoms with Crippen molar-refractivity contribution in [2.75, 3.05) is 6.61 Å². The van der Waals surface area contributed by atoms with Gasteiger partial charge in [-0.05, 0) is 73.4 Å². The first-order chi connectivity index (χ1) is 13.0. The van der Waals surface area contributed by atoms with Crippen LogP contribution in [0.5, 0.6) is 17.2 Å². The van der Waals surface area contributed by atoms with E-state index in [9.17, 15) is 15.0 Å². The minimum atomic E-state index is -0.240. The number of rotatable bonds is 9. The van der Waals surface area contributed by atoms with Crippen molar-refractivity contribution in [1.29, 1.82) is 0 Å². The predicted octanol–water partition coefficient (Wildman–Crippen LogP) is 4.85. The molecule has 2 aromatic carbocycles. The number of phenols is 2. The molecule has 0 saturated heterocycles. The maximum atomic E-state index is 12.4. The highest BCUT2D eigenvalue weighted by molar-refractivity contribution is 6.07. The first-order valence-corrected chi connectivity index (χ1v) is 8.75. The summed E-state index contributed by atoms with van der Waals surface area (Å²) in [4.78, 5) is 12.4. The highest BCUT2D eigenvalue weighted by Crippen LogP contribution is 2.37. The molecule has 4 heteroatoms. The van der Waals surface area contributed by atoms with Crippen LogP contribution in [0.4, 0.5) is 0 Å². The number of ketones is 1. The number of allylic oxidation sites excluding steroid dienone is 3. The molecule has 0 unspecified atom stereocenters. The molecule has 0 radical (unpaired) electrons. The van der Waals surface area contributed by atoms with Gasteiger partial charge in [0.1, 0.15) is 17.2 Å². The van der Waals surface area contributed by atoms with Gasteiger partial charge in [-0.2, -0.15) is 0 Å². The summed E-state index contributed by atoms with van der Waals surface area (Å²) in [7, 11) is 0. The van der Waals surface area contributed by atoms with E-state index in [2.05, 4.69) is 13.2 Å². The Balaban J connectivity index is 2.51. The van der Waals surface area contributed by atoms with Crippen molar-refractivity contribution in [3.8, 4) is 17.2 Å². The Hall–Kier alpha value is -3.27. The SMILES string of the molecule is C=CCc1cc(CC=C)c(OCC)c(C=CC(=O)c2ccc(O)cc2)c1O. The number of hydrogen-bond donors (Lipinski definition) is 2. The van der Waals surface area contributed by atoms with Gasteiger partial charge in [-0.15, -0.1) is 13.2 Å². The molecule has 2 N–H and O–H groups in total. The minimum Gasteiger partial charge on any atom is -0.508 e. The lowest BCUT2D eigenvalue weighted by Gasteiger charge is -2.17. The first-order valence-electron chi connectivity index (χ1n) is 8.75. The van der Waals surface area contributed by atoms with E-state index in [4.69, 9.17) is 4.74 Å². The number of hydrogen-bond acceptors (Lipinski definition) is 4. The fraction of sp³-hybridized carbons (Fsp3) is 0.174. The highest BCUT2D eigenvalue weighted by atomic mass is 16.5. The van der Waals surface area contributed by atoms with E-state index in [-0.39, 0.29) is 17.3 Å². The molecule has 0 aliphatic heterocycles. The molecule has 0 fully saturated rings. The zero-order valence-electron chi connectivity index (χ0n) is 15.4. The van der Waals surface area contributed by atoms with Gasteiger partial charge in [0, 0.05) is 5.56 Å². The molecule has 0 bridgehead atoms. The van der Waals surface area contributed by atoms with Gasteiger partial charge < -0.3 is 14.9 Å². The summed E-state index contributed by atoms with van der Waals surface area (Å²) in [6.07, 6.45) is 7.50. The monoisotopic (exact) mass is 364 g/mol. The zero-order chi connectivity index (χ0) is 19.8. The van der Waals surface area contributed by atoms with Crippen LogP contribution in [0.25, 0.3) is 6.08 Å². The van der Waals surface area contributed by atoms with E-state index >= 15 is 0 Å². The molecule has 2 aromatic rings. The number of benzene rings is 2. The Morgan fingerprint density at radius 3 is 2.30 bits per heavy atom. The van der Waals surface area contributed by atoms with Gasteiger partial charge in [0.15, 0.2) is 5.78 Å². The first kappa shape index (κ1) is 20.0. The summed E-state index contributed by atoms with van der Waals surface area (Å²) >= 11 is 0. The summed E-state index contributed by atoms with van der Waals surface area (Å²) in [5.74, 6) is 0.465. The third-order valence-electron chi connectivity index (χ3n) is 4.01. The normalized spacial score (nSPS) is 10.7. The minimum absolute atomic E-state index is 0.0703. The van der Waals surface area contributed by atoms with Crippen LogP contribution in [0.3, 0.4) is 0 Å². The van der Waals surface area contributed by atoms with Crippen LogP contribution in [0.2, 0.25) is 0 Å². The molecule has 0 aliphatic rings. The van der Waals surface area contributed by atoms with Crippen LogP contribution in [-0.4, -0.2) is 22.6 Å². The molecule has 0 amide bonds. The molecule has 0 aliphatic carbocycles. The summed E-state index contributed by atoms with van der Waals surface area (Å²) in [5.41, 5.74) is 2.50. The standard InChI is InChI=1S/C23H24O4/c1-4-7-17-15-18(8-5-2)23(27-6-3)20(22(17)26)13-14-21(25)16-9-11-19(24)12-10-16/h4-5,9-15,24,26H,1-2,6-8H2,3H3. The topological polar surface area (TPSA) is 66.8 Å². The van der Waals surface area contributed by atoms with Crippen molar-refractivity contribution in [1.82, 2.24) is 0 Å². The van der Waals surface area contributed by atoms with E-state index in [0.717, 1.165) is 5.56 Å². The summed E-state index contributed by atoms with van der Waals surface area (Å²) in [6.45, 7) is 9.79. The van der Waals surface area contributed by atoms with Crippen molar-refractivity contribution >= 4 is 11.9 Å². The number of carbonyl (C=O) groups is 1. The molecule has 0 saturated carbocycles. The van der Waals surface area contributed by atoms with E-state index in [1.54, 1.807) is 30.4 Å². The Labute approximate surface area is 159 Å². The lowest BCUT2D eigenvalue weighted by atomic mass is 9.97. The second kappa shape index (κ2) is 9.43. The van der Waals surface area contributed by atoms with Crippen molar-refractivity contribution < 1.29 is 19.7 Å². The van der Waals surface area contributed by atoms with Crippen LogP contribution >= 0.6 is 0 Å². The Morgan fingerprint density at radius 2 is 1.70 bits per heavy atom. The Morgan fingerprint density at radius 1 is 1.07 bits per heavy atom. The van der Waals surface area contributed by atoms with Gasteiger partial charge >= 0.3 is 0 Å². The number of aromatic hydroxyl groups is 2. The Kier molecular flexibility index (Phi) is 7.00. The van der Waals surface area contributed by atoms with E-state index in [1.165, 1.54) is 18.2 Å². The molecule has 140 valence electrons. The maximum absolute atomic E-state index is 12.4. The molecule has 0 atom stereocenters. The molecule has 0 aromatic heterocycles. The average Bonchev–Trinajstić information content (AvgIpc) is 2.65. The smallest absolute Gasteiger partial charge is 0.185 e. The van der Waals surface area contributed by atoms with Gasteiger partial charge in [-0.3, -0.25) is 4.79 Å². The number of phenolic OH excluding ortho intramolecular Hbond substituents is 2. The van der Waals surface area contributed by atoms with Crippen molar-refractivity contribution in [2.45, 2.75) is 19.8 Å². The van der Waals surface area contributed by atoms with Crippen molar-refractivity contribution in [2.24, 2.45) is 0 Å². The molecular formula is C23H24O4. The molecule has 2 rings (SSSR count). The molecule has 0 heterocycles. The van der Waals surface area contributed by atoms with Gasteiger partial charge in [0.2, 0.25) is 0 Å². The fourth-order valence-electron chi connectivity index (χ4n) is 2.77. The van der Waals surface area contributed by atoms with E-state index in [1.807, 2.05) is 13.0 Å². The number of carbonyl (C=O) groups excluding carboxylic acids is 1. The predicted molar refractivity (Wildman–Crippen MR) is 109 cm³/mol. The molecule has 4 nitrogen and oxygen atoms in total. The van der Waals surface area contributed by atoms with Crippen molar-refractivity contribution in [3.63, 3.8) is 0 Å². The molecular weight excluding hydrogens is 340 g/mol. The second-order valence-electron chi connectivity index (χ2n) is 5.95. The van der Waals surface area contributed by atoms with Crippen molar-refractivity contribution in [3.05, 3.63) is 84.0 Å². The lowest BCUT2D eigenvalue weighted by molar-refractivity contribution is 0.104. The van der Waals surface area contributed by atoms with Crippen LogP contribution in [-0.2, 0) is 12.8 Å². The quantitative estimate of drug-likeness (QED) is 0.379. The maximum Gasteiger partial charge on any atom is 0.185 e. The van der Waals surface area contributed by atoms with Crippen LogP contribution in [0.15, 0.2) is 61.7 Å². The lowest BCUT2D eigenvalue weighted by Crippen LogP contribution is -2.02. The number of ether oxygens (including phenoxy) is 1. The zero-order valence-corrected chi connectivity index (χ0v) is 15.4. The van der Waals surface area contributed by atoms with Gasteiger partial charge in [0.05, 0.1) is 12.2 Å². The summed E-state index contributed by atoms with van der Waals surface area (Å²) < 4.78 is 5.76. The Bertz CT molecular complexity index is 861. The van der Waals surface area contributed by atoms with Gasteiger partial charge in [-0.1, -0.05) is 12.2 Å². The van der Waals surface area contributed by atoms with Gasteiger partial charge in [-0.25, -0.2) is 0 Å². The van der Waals surface area contributed by atoms with Gasteiger partial charge in [0.25, 0.3) is 0 Å². The average molecular weight is 364 g/mol. The highest BCUT2D eigenvalue weighted by Gasteiger charge is 2.16. The van der Waals surface area contributed by atoms with E-state index in [0.29, 0.717) is 41.9 Å². The molecule has 0 spiro atoms. The third-order valence-corrected chi connectivity index (χ3v) is 4.01. The van der Waals surface area contributed by atoms with E-state index < -0.39 is 0 Å². The van der Waals surface area contributed by atoms with Crippen LogP contribution < -0.4 is 4.74 Å². The fourth-order valence-corrected chi connectivity index (χ4v) is 2.77. The largest absolute Gasteiger partial charge is 0.508 e. The van der Waals surface area contributed by atoms with Crippen LogP contribution in [0, 0.1) is 0 Å². The third kappa shape index (κ3) is 4.88. The summed E-state index contributed by atoms with van der Waals surface area (Å²) in [5, 5.41) is 20.0. The van der Waals surface area contributed by atoms with Crippen LogP contribution in [0.1, 0.15) is 34.0 Å². The molecule has 27 heavy (non-hydrogen) atoms.